The Morgan fingerprint density at radius 2 is 2.09 bits per heavy atom. The molecule has 2 aromatic heterocycles. The van der Waals surface area contributed by atoms with E-state index in [0.29, 0.717) is 25.5 Å². The van der Waals surface area contributed by atoms with E-state index in [9.17, 15) is 9.59 Å². The number of aryl methyl sites for hydroxylation is 1. The van der Waals surface area contributed by atoms with E-state index in [1.54, 1.807) is 18.6 Å². The first-order chi connectivity index (χ1) is 15.4. The maximum Gasteiger partial charge on any atom is 0.290 e. The number of carbonyl (C=O) groups is 3. The Morgan fingerprint density at radius 1 is 1.31 bits per heavy atom. The number of piperidine rings is 2. The molecule has 11 heteroatoms. The topological polar surface area (TPSA) is 136 Å². The molecule has 2 aromatic rings. The fourth-order valence-corrected chi connectivity index (χ4v) is 4.79. The van der Waals surface area contributed by atoms with Gasteiger partial charge in [0.25, 0.3) is 12.4 Å². The molecule has 3 N–H and O–H groups in total. The molecule has 4 heterocycles. The minimum atomic E-state index is -0.542. The lowest BCUT2D eigenvalue weighted by Gasteiger charge is -2.53. The van der Waals surface area contributed by atoms with E-state index in [0.717, 1.165) is 37.9 Å². The van der Waals surface area contributed by atoms with Crippen molar-refractivity contribution in [2.24, 2.45) is 12.5 Å². The Kier molecular flexibility index (Phi) is 7.62. The van der Waals surface area contributed by atoms with Crippen LogP contribution in [0.2, 0.25) is 0 Å². The summed E-state index contributed by atoms with van der Waals surface area (Å²) in [5.74, 6) is 0.280. The molecular weight excluding hydrogens is 414 g/mol. The summed E-state index contributed by atoms with van der Waals surface area (Å²) in [5.41, 5.74) is 0.542. The highest BCUT2D eigenvalue weighted by molar-refractivity contribution is 5.92. The van der Waals surface area contributed by atoms with Gasteiger partial charge in [0.15, 0.2) is 5.82 Å². The molecule has 2 fully saturated rings. The van der Waals surface area contributed by atoms with E-state index in [1.807, 2.05) is 29.7 Å². The molecule has 2 aliphatic heterocycles. The van der Waals surface area contributed by atoms with Crippen molar-refractivity contribution in [3.63, 3.8) is 0 Å². The third kappa shape index (κ3) is 4.82. The highest BCUT2D eigenvalue weighted by Crippen LogP contribution is 2.42. The number of aromatic nitrogens is 4. The number of H-pyrrole nitrogens is 1. The number of nitrogens with zero attached hydrogens (tertiary/aromatic N) is 5. The first-order valence-electron chi connectivity index (χ1n) is 10.7. The van der Waals surface area contributed by atoms with Gasteiger partial charge in [-0.1, -0.05) is 0 Å². The normalized spacial score (nSPS) is 22.9. The van der Waals surface area contributed by atoms with Crippen LogP contribution in [0.25, 0.3) is 0 Å². The smallest absolute Gasteiger partial charge is 0.290 e. The van der Waals surface area contributed by atoms with E-state index >= 15 is 0 Å². The van der Waals surface area contributed by atoms with Gasteiger partial charge in [0.05, 0.1) is 11.5 Å². The number of fused-ring (bicyclic) bond motifs is 1. The lowest BCUT2D eigenvalue weighted by atomic mass is 9.67. The number of nitrogens with one attached hydrogen (secondary N) is 2. The van der Waals surface area contributed by atoms with Crippen LogP contribution in [0.3, 0.4) is 0 Å². The summed E-state index contributed by atoms with van der Waals surface area (Å²) in [5, 5.41) is 14.2. The van der Waals surface area contributed by atoms with Crippen LogP contribution in [0.1, 0.15) is 35.6 Å². The van der Waals surface area contributed by atoms with Gasteiger partial charge in [-0.25, -0.2) is 4.98 Å². The first-order valence-corrected chi connectivity index (χ1v) is 10.7. The van der Waals surface area contributed by atoms with Gasteiger partial charge in [-0.05, 0) is 38.9 Å². The number of likely N-dealkylation sites (tertiary alicyclic amines) is 2. The van der Waals surface area contributed by atoms with Gasteiger partial charge in [-0.2, -0.15) is 5.10 Å². The fraction of sp³-hybridized carbons (Fsp3) is 0.571. The Hall–Kier alpha value is -3.21. The summed E-state index contributed by atoms with van der Waals surface area (Å²) in [6.07, 6.45) is 8.13. The predicted octanol–water partition coefficient (Wildman–Crippen LogP) is 0.129. The molecule has 32 heavy (non-hydrogen) atoms. The summed E-state index contributed by atoms with van der Waals surface area (Å²) >= 11 is 0. The van der Waals surface area contributed by atoms with Gasteiger partial charge >= 0.3 is 0 Å². The van der Waals surface area contributed by atoms with Gasteiger partial charge in [0.1, 0.15) is 0 Å². The largest absolute Gasteiger partial charge is 0.483 e. The molecule has 2 aliphatic rings. The number of likely N-dealkylation sites (N-methyl/N-ethyl adjacent to an activating group) is 1. The van der Waals surface area contributed by atoms with Crippen molar-refractivity contribution in [3.05, 3.63) is 36.2 Å². The Balaban J connectivity index is 0.000000913. The molecule has 0 aromatic carbocycles. The number of aromatic amines is 1. The summed E-state index contributed by atoms with van der Waals surface area (Å²) in [6, 6.07) is 1.82. The highest BCUT2D eigenvalue weighted by atomic mass is 16.3. The summed E-state index contributed by atoms with van der Waals surface area (Å²) in [7, 11) is 3.95. The molecule has 0 spiro atoms. The number of imidazole rings is 1. The average Bonchev–Trinajstić information content (AvgIpc) is 3.46. The van der Waals surface area contributed by atoms with Crippen LogP contribution < -0.4 is 5.32 Å². The van der Waals surface area contributed by atoms with Crippen LogP contribution in [0.15, 0.2) is 24.7 Å². The first kappa shape index (κ1) is 23.5. The number of hydrogen-bond acceptors (Lipinski definition) is 6. The number of amides is 2. The molecule has 2 amide bonds. The van der Waals surface area contributed by atoms with E-state index < -0.39 is 5.41 Å². The SMILES string of the molecule is CN1CC[C@]2(C(=O)NCCc3ccnn3C)CCCN(C(=O)c3ncc[nH]3)[C@H]2C1.O=CO. The molecule has 2 saturated heterocycles. The summed E-state index contributed by atoms with van der Waals surface area (Å²) in [6.45, 7) is 2.52. The number of rotatable bonds is 5. The second-order valence-corrected chi connectivity index (χ2v) is 8.28. The van der Waals surface area contributed by atoms with Crippen molar-refractivity contribution in [1.29, 1.82) is 0 Å². The molecule has 2 atom stereocenters. The highest BCUT2D eigenvalue weighted by Gasteiger charge is 2.53. The molecule has 0 aliphatic carbocycles. The van der Waals surface area contributed by atoms with Crippen molar-refractivity contribution in [2.45, 2.75) is 31.7 Å². The minimum Gasteiger partial charge on any atom is -0.483 e. The van der Waals surface area contributed by atoms with Gasteiger partial charge in [-0.15, -0.1) is 0 Å². The molecule has 0 unspecified atom stereocenters. The van der Waals surface area contributed by atoms with Crippen LogP contribution >= 0.6 is 0 Å². The van der Waals surface area contributed by atoms with Crippen LogP contribution in [0, 0.1) is 5.41 Å². The van der Waals surface area contributed by atoms with Crippen molar-refractivity contribution in [1.82, 2.24) is 34.9 Å². The van der Waals surface area contributed by atoms with Crippen molar-refractivity contribution in [3.8, 4) is 0 Å². The van der Waals surface area contributed by atoms with E-state index in [1.165, 1.54) is 0 Å². The number of hydrogen-bond donors (Lipinski definition) is 3. The molecule has 0 saturated carbocycles. The lowest BCUT2D eigenvalue weighted by molar-refractivity contribution is -0.142. The second kappa shape index (κ2) is 10.4. The van der Waals surface area contributed by atoms with Gasteiger partial charge in [0.2, 0.25) is 5.91 Å². The summed E-state index contributed by atoms with van der Waals surface area (Å²) < 4.78 is 1.83. The maximum absolute atomic E-state index is 13.4. The van der Waals surface area contributed by atoms with Crippen LogP contribution in [-0.4, -0.2) is 92.2 Å². The van der Waals surface area contributed by atoms with E-state index in [2.05, 4.69) is 25.3 Å². The third-order valence-corrected chi connectivity index (χ3v) is 6.46. The van der Waals surface area contributed by atoms with Gasteiger partial charge < -0.3 is 25.2 Å². The third-order valence-electron chi connectivity index (χ3n) is 6.46. The molecular formula is C21H31N7O4. The number of carbonyl (C=O) groups excluding carboxylic acids is 2. The van der Waals surface area contributed by atoms with E-state index in [4.69, 9.17) is 9.90 Å². The lowest BCUT2D eigenvalue weighted by Crippen LogP contribution is -2.66. The zero-order chi connectivity index (χ0) is 23.1. The molecule has 0 radical (unpaired) electrons. The Labute approximate surface area is 186 Å². The van der Waals surface area contributed by atoms with Crippen molar-refractivity contribution >= 4 is 18.3 Å². The van der Waals surface area contributed by atoms with E-state index in [-0.39, 0.29) is 24.3 Å². The van der Waals surface area contributed by atoms with Crippen LogP contribution in [0.5, 0.6) is 0 Å². The standard InChI is InChI=1S/C20H29N7O2.CH2O2/c1-25-13-7-20(19(29)23-8-4-15-5-9-24-26(15)2)6-3-12-27(16(20)14-25)18(28)17-21-10-11-22-17;2-1-3/h5,9-11,16H,3-4,6-8,12-14H2,1-2H3,(H,21,22)(H,23,29);1H,(H,2,3)/t16-,20+;/m0./s1. The van der Waals surface area contributed by atoms with Crippen LogP contribution in [-0.2, 0) is 23.1 Å². The Bertz CT molecular complexity index is 913. The zero-order valence-electron chi connectivity index (χ0n) is 18.5. The summed E-state index contributed by atoms with van der Waals surface area (Å²) in [4.78, 5) is 46.0. The molecule has 11 nitrogen and oxygen atoms in total. The monoisotopic (exact) mass is 445 g/mol. The molecule has 174 valence electrons. The molecule has 0 bridgehead atoms. The van der Waals surface area contributed by atoms with Crippen molar-refractivity contribution < 1.29 is 19.5 Å². The molecule has 4 rings (SSSR count). The maximum atomic E-state index is 13.4. The Morgan fingerprint density at radius 3 is 2.75 bits per heavy atom. The number of carboxylic acid groups (broad SMARTS) is 1. The zero-order valence-corrected chi connectivity index (χ0v) is 18.5. The van der Waals surface area contributed by atoms with Crippen LogP contribution in [0.4, 0.5) is 0 Å². The van der Waals surface area contributed by atoms with Crippen molar-refractivity contribution in [2.75, 3.05) is 33.2 Å². The quantitative estimate of drug-likeness (QED) is 0.557. The second-order valence-electron chi connectivity index (χ2n) is 8.28. The minimum absolute atomic E-state index is 0.0645. The predicted molar refractivity (Wildman–Crippen MR) is 116 cm³/mol. The van der Waals surface area contributed by atoms with Gasteiger partial charge in [-0.3, -0.25) is 19.1 Å². The van der Waals surface area contributed by atoms with Gasteiger partial charge in [0, 0.05) is 57.4 Å². The fourth-order valence-electron chi connectivity index (χ4n) is 4.79. The average molecular weight is 446 g/mol.